The molecule has 14 heavy (non-hydrogen) atoms. The molecule has 0 spiro atoms. The smallest absolute Gasteiger partial charge is 0.323 e. The molecule has 1 aliphatic heterocycles. The summed E-state index contributed by atoms with van der Waals surface area (Å²) in [5.74, 6) is 0.590. The lowest BCUT2D eigenvalue weighted by atomic mass is 10.2. The molecule has 0 aromatic carbocycles. The van der Waals surface area contributed by atoms with Gasteiger partial charge >= 0.3 is 5.97 Å². The van der Waals surface area contributed by atoms with Crippen LogP contribution in [0.15, 0.2) is 0 Å². The van der Waals surface area contributed by atoms with Gasteiger partial charge in [-0.3, -0.25) is 4.79 Å². The van der Waals surface area contributed by atoms with E-state index in [-0.39, 0.29) is 12.1 Å². The summed E-state index contributed by atoms with van der Waals surface area (Å²) >= 11 is 1.68. The van der Waals surface area contributed by atoms with E-state index >= 15 is 0 Å². The molecule has 1 rings (SSSR count). The first-order valence-electron chi connectivity index (χ1n) is 4.76. The Kier molecular flexibility index (Phi) is 5.29. The van der Waals surface area contributed by atoms with E-state index < -0.39 is 6.04 Å². The minimum absolute atomic E-state index is 0.0807. The largest absolute Gasteiger partial charge is 0.459 e. The van der Waals surface area contributed by atoms with Gasteiger partial charge in [0.05, 0.1) is 13.2 Å². The van der Waals surface area contributed by atoms with Gasteiger partial charge in [0.25, 0.3) is 0 Å². The minimum atomic E-state index is -0.483. The molecular formula is C9H17NO3S. The van der Waals surface area contributed by atoms with Gasteiger partial charge in [-0.2, -0.15) is 11.8 Å². The number of hydrogen-bond acceptors (Lipinski definition) is 5. The Morgan fingerprint density at radius 3 is 3.14 bits per heavy atom. The average molecular weight is 219 g/mol. The summed E-state index contributed by atoms with van der Waals surface area (Å²) in [5, 5.41) is 0. The maximum absolute atomic E-state index is 11.4. The Bertz CT molecular complexity index is 183. The Morgan fingerprint density at radius 1 is 1.79 bits per heavy atom. The maximum atomic E-state index is 11.4. The van der Waals surface area contributed by atoms with Gasteiger partial charge in [-0.1, -0.05) is 0 Å². The molecule has 0 aromatic heterocycles. The van der Waals surface area contributed by atoms with E-state index in [1.54, 1.807) is 11.8 Å². The van der Waals surface area contributed by atoms with Crippen LogP contribution in [0.2, 0.25) is 0 Å². The van der Waals surface area contributed by atoms with Gasteiger partial charge in [0, 0.05) is 6.42 Å². The summed E-state index contributed by atoms with van der Waals surface area (Å²) in [6.07, 6.45) is 3.38. The van der Waals surface area contributed by atoms with Crippen molar-refractivity contribution in [2.24, 2.45) is 5.73 Å². The highest BCUT2D eigenvalue weighted by atomic mass is 32.2. The molecule has 1 heterocycles. The summed E-state index contributed by atoms with van der Waals surface area (Å²) in [7, 11) is 0. The van der Waals surface area contributed by atoms with E-state index in [0.717, 1.165) is 12.2 Å². The Hall–Kier alpha value is -0.260. The highest BCUT2D eigenvalue weighted by Gasteiger charge is 2.23. The molecule has 5 heteroatoms. The van der Waals surface area contributed by atoms with Crippen molar-refractivity contribution in [2.75, 3.05) is 25.2 Å². The van der Waals surface area contributed by atoms with Crippen molar-refractivity contribution < 1.29 is 14.3 Å². The third-order valence-electron chi connectivity index (χ3n) is 2.11. The van der Waals surface area contributed by atoms with Crippen LogP contribution in [-0.2, 0) is 14.3 Å². The summed E-state index contributed by atoms with van der Waals surface area (Å²) in [6.45, 7) is 1.19. The van der Waals surface area contributed by atoms with Gasteiger partial charge in [-0.15, -0.1) is 0 Å². The zero-order valence-corrected chi connectivity index (χ0v) is 9.22. The standard InChI is InChI=1S/C9H17NO3S/c1-14-5-3-8(10)9(11)13-7-2-4-12-6-7/h7-8H,2-6,10H2,1H3/t7?,8-/m0/s1. The number of carbonyl (C=O) groups excluding carboxylic acids is 1. The third kappa shape index (κ3) is 3.86. The molecule has 0 saturated carbocycles. The molecule has 0 bridgehead atoms. The van der Waals surface area contributed by atoms with Gasteiger partial charge in [0.1, 0.15) is 12.1 Å². The molecule has 1 aliphatic rings. The van der Waals surface area contributed by atoms with Gasteiger partial charge < -0.3 is 15.2 Å². The van der Waals surface area contributed by atoms with E-state index in [9.17, 15) is 4.79 Å². The molecule has 4 nitrogen and oxygen atoms in total. The lowest BCUT2D eigenvalue weighted by Crippen LogP contribution is -2.35. The van der Waals surface area contributed by atoms with E-state index in [1.165, 1.54) is 0 Å². The number of thioether (sulfide) groups is 1. The SMILES string of the molecule is CSCC[C@H](N)C(=O)OC1CCOC1. The fraction of sp³-hybridized carbons (Fsp3) is 0.889. The predicted molar refractivity (Wildman–Crippen MR) is 56.3 cm³/mol. The van der Waals surface area contributed by atoms with E-state index in [1.807, 2.05) is 6.26 Å². The zero-order valence-electron chi connectivity index (χ0n) is 8.40. The molecular weight excluding hydrogens is 202 g/mol. The molecule has 0 aromatic rings. The quantitative estimate of drug-likeness (QED) is 0.678. The molecule has 2 N–H and O–H groups in total. The Labute approximate surface area is 88.5 Å². The second kappa shape index (κ2) is 6.27. The average Bonchev–Trinajstić information content (AvgIpc) is 2.66. The monoisotopic (exact) mass is 219 g/mol. The van der Waals surface area contributed by atoms with Gasteiger partial charge in [0.2, 0.25) is 0 Å². The topological polar surface area (TPSA) is 61.6 Å². The number of hydrogen-bond donors (Lipinski definition) is 1. The summed E-state index contributed by atoms with van der Waals surface area (Å²) in [6, 6.07) is -0.483. The van der Waals surface area contributed by atoms with E-state index in [0.29, 0.717) is 19.6 Å². The lowest BCUT2D eigenvalue weighted by molar-refractivity contribution is -0.150. The summed E-state index contributed by atoms with van der Waals surface area (Å²) < 4.78 is 10.3. The molecule has 2 atom stereocenters. The molecule has 0 aliphatic carbocycles. The first-order chi connectivity index (χ1) is 6.74. The fourth-order valence-corrected chi connectivity index (χ4v) is 1.71. The van der Waals surface area contributed by atoms with Gasteiger partial charge in [-0.25, -0.2) is 0 Å². The summed E-state index contributed by atoms with van der Waals surface area (Å²) in [4.78, 5) is 11.4. The highest BCUT2D eigenvalue weighted by molar-refractivity contribution is 7.98. The Morgan fingerprint density at radius 2 is 2.57 bits per heavy atom. The summed E-state index contributed by atoms with van der Waals surface area (Å²) in [5.41, 5.74) is 5.65. The van der Waals surface area contributed by atoms with Gasteiger partial charge in [0.15, 0.2) is 0 Å². The van der Waals surface area contributed by atoms with Crippen molar-refractivity contribution in [3.63, 3.8) is 0 Å². The third-order valence-corrected chi connectivity index (χ3v) is 2.75. The number of esters is 1. The van der Waals surface area contributed by atoms with Crippen LogP contribution in [0.25, 0.3) is 0 Å². The van der Waals surface area contributed by atoms with Crippen molar-refractivity contribution in [1.29, 1.82) is 0 Å². The van der Waals surface area contributed by atoms with Crippen LogP contribution in [0.4, 0.5) is 0 Å². The number of ether oxygens (including phenoxy) is 2. The van der Waals surface area contributed by atoms with Crippen molar-refractivity contribution in [2.45, 2.75) is 25.0 Å². The number of nitrogens with two attached hydrogens (primary N) is 1. The lowest BCUT2D eigenvalue weighted by Gasteiger charge is -2.14. The Balaban J connectivity index is 2.18. The molecule has 1 unspecified atom stereocenters. The van der Waals surface area contributed by atoms with Crippen molar-refractivity contribution in [3.8, 4) is 0 Å². The van der Waals surface area contributed by atoms with Crippen LogP contribution in [0, 0.1) is 0 Å². The molecule has 1 fully saturated rings. The van der Waals surface area contributed by atoms with Crippen LogP contribution >= 0.6 is 11.8 Å². The maximum Gasteiger partial charge on any atom is 0.323 e. The van der Waals surface area contributed by atoms with Crippen LogP contribution in [0.3, 0.4) is 0 Å². The van der Waals surface area contributed by atoms with Crippen molar-refractivity contribution >= 4 is 17.7 Å². The van der Waals surface area contributed by atoms with Crippen LogP contribution < -0.4 is 5.73 Å². The molecule has 0 radical (unpaired) electrons. The second-order valence-corrected chi connectivity index (χ2v) is 4.30. The number of carbonyl (C=O) groups is 1. The van der Waals surface area contributed by atoms with E-state index in [2.05, 4.69) is 0 Å². The molecule has 1 saturated heterocycles. The van der Waals surface area contributed by atoms with Crippen LogP contribution in [0.1, 0.15) is 12.8 Å². The first-order valence-corrected chi connectivity index (χ1v) is 6.16. The second-order valence-electron chi connectivity index (χ2n) is 3.31. The van der Waals surface area contributed by atoms with Crippen molar-refractivity contribution in [3.05, 3.63) is 0 Å². The minimum Gasteiger partial charge on any atom is -0.459 e. The number of rotatable bonds is 5. The molecule has 0 amide bonds. The van der Waals surface area contributed by atoms with Crippen LogP contribution in [-0.4, -0.2) is 43.3 Å². The normalized spacial score (nSPS) is 23.4. The van der Waals surface area contributed by atoms with Gasteiger partial charge in [-0.05, 0) is 18.4 Å². The highest BCUT2D eigenvalue weighted by Crippen LogP contribution is 2.10. The fourth-order valence-electron chi connectivity index (χ4n) is 1.22. The van der Waals surface area contributed by atoms with Crippen LogP contribution in [0.5, 0.6) is 0 Å². The zero-order chi connectivity index (χ0) is 10.4. The van der Waals surface area contributed by atoms with Crippen molar-refractivity contribution in [1.82, 2.24) is 0 Å². The first kappa shape index (κ1) is 11.8. The predicted octanol–water partition coefficient (Wildman–Crippen LogP) is 0.399. The van der Waals surface area contributed by atoms with E-state index in [4.69, 9.17) is 15.2 Å². The molecule has 82 valence electrons.